The monoisotopic (exact) mass is 247 g/mol. The summed E-state index contributed by atoms with van der Waals surface area (Å²) < 4.78 is 14.8. The Morgan fingerprint density at radius 1 is 1.33 bits per heavy atom. The quantitative estimate of drug-likeness (QED) is 0.855. The molecule has 3 N–H and O–H groups in total. The number of aromatic nitrogens is 1. The van der Waals surface area contributed by atoms with Crippen LogP contribution < -0.4 is 11.1 Å². The van der Waals surface area contributed by atoms with Crippen molar-refractivity contribution in [3.63, 3.8) is 0 Å². The molecule has 0 saturated carbocycles. The lowest BCUT2D eigenvalue weighted by molar-refractivity contribution is 0.101. The highest BCUT2D eigenvalue weighted by molar-refractivity contribution is 6.03. The molecule has 0 bridgehead atoms. The fourth-order valence-electron chi connectivity index (χ4n) is 1.82. The Morgan fingerprint density at radius 2 is 2.06 bits per heavy atom. The molecule has 2 aromatic rings. The van der Waals surface area contributed by atoms with E-state index >= 15 is 0 Å². The molecule has 1 aromatic carbocycles. The standard InChI is InChI=1S/C13H14FN3O/c1-8-3-9(14)5-11(4-8)16-13(18)12-6-10(15)7-17(12)2/h3-7H,15H2,1-2H3,(H,16,18). The summed E-state index contributed by atoms with van der Waals surface area (Å²) in [5.41, 5.74) is 7.71. The van der Waals surface area contributed by atoms with Gasteiger partial charge >= 0.3 is 0 Å². The van der Waals surface area contributed by atoms with Crippen LogP contribution in [0.5, 0.6) is 0 Å². The Hall–Kier alpha value is -2.30. The molecular weight excluding hydrogens is 233 g/mol. The van der Waals surface area contributed by atoms with E-state index in [1.54, 1.807) is 36.9 Å². The van der Waals surface area contributed by atoms with E-state index in [4.69, 9.17) is 5.73 Å². The molecule has 5 heteroatoms. The smallest absolute Gasteiger partial charge is 0.272 e. The highest BCUT2D eigenvalue weighted by atomic mass is 19.1. The Morgan fingerprint density at radius 3 is 2.61 bits per heavy atom. The zero-order valence-electron chi connectivity index (χ0n) is 10.2. The molecule has 1 heterocycles. The van der Waals surface area contributed by atoms with Crippen molar-refractivity contribution in [2.75, 3.05) is 11.1 Å². The molecule has 0 atom stereocenters. The number of aryl methyl sites for hydroxylation is 2. The maximum Gasteiger partial charge on any atom is 0.272 e. The van der Waals surface area contributed by atoms with Gasteiger partial charge in [-0.05, 0) is 36.8 Å². The molecule has 0 aliphatic heterocycles. The molecular formula is C13H14FN3O. The number of nitrogens with zero attached hydrogens (tertiary/aromatic N) is 1. The van der Waals surface area contributed by atoms with Gasteiger partial charge in [-0.25, -0.2) is 4.39 Å². The summed E-state index contributed by atoms with van der Waals surface area (Å²) in [6, 6.07) is 5.95. The number of hydrogen-bond donors (Lipinski definition) is 2. The zero-order valence-corrected chi connectivity index (χ0v) is 10.2. The molecule has 0 aliphatic carbocycles. The highest BCUT2D eigenvalue weighted by Gasteiger charge is 2.11. The third-order valence-corrected chi connectivity index (χ3v) is 2.56. The number of hydrogen-bond acceptors (Lipinski definition) is 2. The molecule has 0 fully saturated rings. The number of carbonyl (C=O) groups is 1. The van der Waals surface area contributed by atoms with Gasteiger partial charge in [0, 0.05) is 18.9 Å². The normalized spacial score (nSPS) is 10.4. The Bertz CT molecular complexity index is 584. The van der Waals surface area contributed by atoms with Crippen LogP contribution in [0.4, 0.5) is 15.8 Å². The minimum atomic E-state index is -0.378. The van der Waals surface area contributed by atoms with Crippen molar-refractivity contribution in [2.45, 2.75) is 6.92 Å². The second-order valence-electron chi connectivity index (χ2n) is 4.24. The van der Waals surface area contributed by atoms with E-state index in [9.17, 15) is 9.18 Å². The first-order chi connectivity index (χ1) is 8.45. The first kappa shape index (κ1) is 12.2. The maximum atomic E-state index is 13.2. The minimum absolute atomic E-state index is 0.320. The average Bonchev–Trinajstić information content (AvgIpc) is 2.56. The van der Waals surface area contributed by atoms with Crippen molar-refractivity contribution in [3.05, 3.63) is 47.5 Å². The third kappa shape index (κ3) is 2.51. The number of rotatable bonds is 2. The lowest BCUT2D eigenvalue weighted by Gasteiger charge is -2.07. The summed E-state index contributed by atoms with van der Waals surface area (Å²) in [5.74, 6) is -0.698. The van der Waals surface area contributed by atoms with E-state index in [2.05, 4.69) is 5.32 Å². The summed E-state index contributed by atoms with van der Waals surface area (Å²) in [7, 11) is 1.72. The van der Waals surface area contributed by atoms with Crippen LogP contribution in [0.3, 0.4) is 0 Å². The lowest BCUT2D eigenvalue weighted by Crippen LogP contribution is -2.15. The van der Waals surface area contributed by atoms with E-state index in [0.717, 1.165) is 5.56 Å². The largest absolute Gasteiger partial charge is 0.397 e. The molecule has 0 saturated heterocycles. The molecule has 94 valence electrons. The zero-order chi connectivity index (χ0) is 13.3. The van der Waals surface area contributed by atoms with Gasteiger partial charge in [0.2, 0.25) is 0 Å². The van der Waals surface area contributed by atoms with E-state index in [0.29, 0.717) is 17.1 Å². The first-order valence-corrected chi connectivity index (χ1v) is 5.46. The van der Waals surface area contributed by atoms with Crippen LogP contribution in [0, 0.1) is 12.7 Å². The van der Waals surface area contributed by atoms with Crippen LogP contribution in [0.1, 0.15) is 16.1 Å². The Balaban J connectivity index is 2.23. The second kappa shape index (κ2) is 4.52. The van der Waals surface area contributed by atoms with Gasteiger partial charge < -0.3 is 15.6 Å². The van der Waals surface area contributed by atoms with Crippen molar-refractivity contribution in [1.82, 2.24) is 4.57 Å². The number of halogens is 1. The minimum Gasteiger partial charge on any atom is -0.397 e. The fraction of sp³-hybridized carbons (Fsp3) is 0.154. The molecule has 0 unspecified atom stereocenters. The summed E-state index contributed by atoms with van der Waals surface area (Å²) in [4.78, 5) is 12.0. The van der Waals surface area contributed by atoms with E-state index in [1.165, 1.54) is 12.1 Å². The van der Waals surface area contributed by atoms with Crippen molar-refractivity contribution in [3.8, 4) is 0 Å². The van der Waals surface area contributed by atoms with Gasteiger partial charge in [0.05, 0.1) is 5.69 Å². The van der Waals surface area contributed by atoms with E-state index in [1.807, 2.05) is 0 Å². The van der Waals surface area contributed by atoms with Crippen LogP contribution in [0.2, 0.25) is 0 Å². The molecule has 4 nitrogen and oxygen atoms in total. The second-order valence-corrected chi connectivity index (χ2v) is 4.24. The van der Waals surface area contributed by atoms with Crippen LogP contribution in [0.25, 0.3) is 0 Å². The van der Waals surface area contributed by atoms with Crippen molar-refractivity contribution < 1.29 is 9.18 Å². The molecule has 18 heavy (non-hydrogen) atoms. The molecule has 0 spiro atoms. The maximum absolute atomic E-state index is 13.2. The molecule has 1 amide bonds. The molecule has 2 rings (SSSR count). The predicted octanol–water partition coefficient (Wildman–Crippen LogP) is 2.31. The number of carbonyl (C=O) groups excluding carboxylic acids is 1. The summed E-state index contributed by atoms with van der Waals surface area (Å²) in [6.45, 7) is 1.76. The van der Waals surface area contributed by atoms with Gasteiger partial charge in [0.1, 0.15) is 11.5 Å². The number of anilines is 2. The third-order valence-electron chi connectivity index (χ3n) is 2.56. The SMILES string of the molecule is Cc1cc(F)cc(NC(=O)c2cc(N)cn2C)c1. The summed E-state index contributed by atoms with van der Waals surface area (Å²) in [6.07, 6.45) is 1.64. The molecule has 0 aliphatic rings. The van der Waals surface area contributed by atoms with Crippen LogP contribution in [-0.4, -0.2) is 10.5 Å². The van der Waals surface area contributed by atoms with E-state index in [-0.39, 0.29) is 11.7 Å². The fourth-order valence-corrected chi connectivity index (χ4v) is 1.82. The van der Waals surface area contributed by atoms with Crippen LogP contribution in [-0.2, 0) is 7.05 Å². The topological polar surface area (TPSA) is 60.1 Å². The molecule has 0 radical (unpaired) electrons. The Kier molecular flexibility index (Phi) is 3.06. The van der Waals surface area contributed by atoms with Gasteiger partial charge in [-0.3, -0.25) is 4.79 Å². The number of nitrogens with two attached hydrogens (primary N) is 1. The highest BCUT2D eigenvalue weighted by Crippen LogP contribution is 2.16. The molecule has 1 aromatic heterocycles. The number of benzene rings is 1. The number of nitrogens with one attached hydrogen (secondary N) is 1. The van der Waals surface area contributed by atoms with Gasteiger partial charge in [0.15, 0.2) is 0 Å². The van der Waals surface area contributed by atoms with Crippen LogP contribution in [0.15, 0.2) is 30.5 Å². The number of nitrogen functional groups attached to an aromatic ring is 1. The number of amides is 1. The average molecular weight is 247 g/mol. The van der Waals surface area contributed by atoms with Gasteiger partial charge in [0.25, 0.3) is 5.91 Å². The van der Waals surface area contributed by atoms with Gasteiger partial charge in [-0.1, -0.05) is 0 Å². The van der Waals surface area contributed by atoms with Crippen molar-refractivity contribution in [2.24, 2.45) is 7.05 Å². The lowest BCUT2D eigenvalue weighted by atomic mass is 10.2. The summed E-state index contributed by atoms with van der Waals surface area (Å²) in [5, 5.41) is 2.64. The summed E-state index contributed by atoms with van der Waals surface area (Å²) >= 11 is 0. The van der Waals surface area contributed by atoms with Crippen LogP contribution >= 0.6 is 0 Å². The van der Waals surface area contributed by atoms with Crippen molar-refractivity contribution in [1.29, 1.82) is 0 Å². The predicted molar refractivity (Wildman–Crippen MR) is 68.9 cm³/mol. The Labute approximate surface area is 104 Å². The van der Waals surface area contributed by atoms with Crippen molar-refractivity contribution >= 4 is 17.3 Å². The first-order valence-electron chi connectivity index (χ1n) is 5.46. The van der Waals surface area contributed by atoms with E-state index < -0.39 is 0 Å². The van der Waals surface area contributed by atoms with Gasteiger partial charge in [-0.15, -0.1) is 0 Å². The van der Waals surface area contributed by atoms with Gasteiger partial charge in [-0.2, -0.15) is 0 Å².